The molecule has 0 radical (unpaired) electrons. The van der Waals surface area contributed by atoms with E-state index in [1.54, 1.807) is 18.3 Å². The Balaban J connectivity index is 2.00. The van der Waals surface area contributed by atoms with Crippen molar-refractivity contribution >= 4 is 5.91 Å². The number of nitrogens with zero attached hydrogens (tertiary/aromatic N) is 3. The Morgan fingerprint density at radius 2 is 2.04 bits per heavy atom. The standard InChI is InChI=1S/C16H19F3N4O/c1-10(2)23-8-4-5-12(23)15(24)20-7-6-14-21-11(3)9-13(22-14)16(17,18)19/h4-5,8-10H,6-7H2,1-3H3,(H,20,24). The van der Waals surface area contributed by atoms with E-state index in [1.807, 2.05) is 18.4 Å². The van der Waals surface area contributed by atoms with Crippen LogP contribution in [-0.2, 0) is 12.6 Å². The van der Waals surface area contributed by atoms with Gasteiger partial charge >= 0.3 is 6.18 Å². The smallest absolute Gasteiger partial charge is 0.350 e. The van der Waals surface area contributed by atoms with E-state index in [0.29, 0.717) is 5.69 Å². The maximum atomic E-state index is 12.7. The number of amides is 1. The lowest BCUT2D eigenvalue weighted by molar-refractivity contribution is -0.141. The zero-order chi connectivity index (χ0) is 17.9. The van der Waals surface area contributed by atoms with Gasteiger partial charge in [-0.3, -0.25) is 4.79 Å². The van der Waals surface area contributed by atoms with Crippen LogP contribution in [0.4, 0.5) is 13.2 Å². The summed E-state index contributed by atoms with van der Waals surface area (Å²) in [7, 11) is 0. The molecule has 0 unspecified atom stereocenters. The molecule has 24 heavy (non-hydrogen) atoms. The molecule has 0 aliphatic carbocycles. The van der Waals surface area contributed by atoms with Crippen molar-refractivity contribution in [2.45, 2.75) is 39.4 Å². The van der Waals surface area contributed by atoms with E-state index in [4.69, 9.17) is 0 Å². The van der Waals surface area contributed by atoms with Crippen molar-refractivity contribution in [2.24, 2.45) is 0 Å². The van der Waals surface area contributed by atoms with E-state index in [1.165, 1.54) is 6.92 Å². The second-order valence-corrected chi connectivity index (χ2v) is 5.71. The third kappa shape index (κ3) is 4.33. The Morgan fingerprint density at radius 3 is 2.67 bits per heavy atom. The minimum absolute atomic E-state index is 0.0573. The van der Waals surface area contributed by atoms with Crippen LogP contribution in [-0.4, -0.2) is 27.0 Å². The molecule has 1 amide bonds. The van der Waals surface area contributed by atoms with E-state index in [2.05, 4.69) is 15.3 Å². The van der Waals surface area contributed by atoms with Crippen molar-refractivity contribution < 1.29 is 18.0 Å². The van der Waals surface area contributed by atoms with Crippen molar-refractivity contribution in [1.82, 2.24) is 19.9 Å². The fourth-order valence-electron chi connectivity index (χ4n) is 2.30. The molecule has 2 aromatic heterocycles. The molecular weight excluding hydrogens is 321 g/mol. The number of aryl methyl sites for hydroxylation is 1. The second kappa shape index (κ2) is 7.02. The molecule has 5 nitrogen and oxygen atoms in total. The second-order valence-electron chi connectivity index (χ2n) is 5.71. The monoisotopic (exact) mass is 340 g/mol. The minimum atomic E-state index is -4.51. The Kier molecular flexibility index (Phi) is 5.26. The van der Waals surface area contributed by atoms with Crippen LogP contribution >= 0.6 is 0 Å². The largest absolute Gasteiger partial charge is 0.433 e. The molecule has 0 aromatic carbocycles. The molecule has 0 saturated carbocycles. The molecule has 1 N–H and O–H groups in total. The first-order valence-electron chi connectivity index (χ1n) is 7.55. The van der Waals surface area contributed by atoms with E-state index < -0.39 is 11.9 Å². The van der Waals surface area contributed by atoms with E-state index in [-0.39, 0.29) is 36.4 Å². The number of halogens is 3. The normalized spacial score (nSPS) is 11.8. The first-order valence-corrected chi connectivity index (χ1v) is 7.55. The Morgan fingerprint density at radius 1 is 1.33 bits per heavy atom. The van der Waals surface area contributed by atoms with E-state index in [0.717, 1.165) is 6.07 Å². The topological polar surface area (TPSA) is 59.8 Å². The van der Waals surface area contributed by atoms with Gasteiger partial charge in [0.15, 0.2) is 0 Å². The summed E-state index contributed by atoms with van der Waals surface area (Å²) in [6, 6.07) is 4.50. The van der Waals surface area contributed by atoms with Crippen LogP contribution in [0.2, 0.25) is 0 Å². The highest BCUT2D eigenvalue weighted by molar-refractivity contribution is 5.92. The summed E-state index contributed by atoms with van der Waals surface area (Å²) in [6.07, 6.45) is -2.58. The minimum Gasteiger partial charge on any atom is -0.350 e. The molecular formula is C16H19F3N4O. The number of hydrogen-bond donors (Lipinski definition) is 1. The van der Waals surface area contributed by atoms with Crippen molar-refractivity contribution in [1.29, 1.82) is 0 Å². The third-order valence-corrected chi connectivity index (χ3v) is 3.39. The molecule has 0 fully saturated rings. The zero-order valence-corrected chi connectivity index (χ0v) is 13.7. The third-order valence-electron chi connectivity index (χ3n) is 3.39. The molecule has 8 heteroatoms. The zero-order valence-electron chi connectivity index (χ0n) is 13.7. The van der Waals surface area contributed by atoms with Crippen molar-refractivity contribution in [3.8, 4) is 0 Å². The van der Waals surface area contributed by atoms with Gasteiger partial charge in [-0.2, -0.15) is 13.2 Å². The molecule has 0 bridgehead atoms. The van der Waals surface area contributed by atoms with Crippen LogP contribution in [0.15, 0.2) is 24.4 Å². The highest BCUT2D eigenvalue weighted by Gasteiger charge is 2.33. The van der Waals surface area contributed by atoms with Crippen molar-refractivity contribution in [3.63, 3.8) is 0 Å². The molecule has 130 valence electrons. The summed E-state index contributed by atoms with van der Waals surface area (Å²) in [6.45, 7) is 5.55. The van der Waals surface area contributed by atoms with Crippen molar-refractivity contribution in [2.75, 3.05) is 6.54 Å². The first-order chi connectivity index (χ1) is 11.2. The summed E-state index contributed by atoms with van der Waals surface area (Å²) in [5.41, 5.74) is -0.219. The lowest BCUT2D eigenvalue weighted by atomic mass is 10.3. The van der Waals surface area contributed by atoms with Gasteiger partial charge in [-0.1, -0.05) is 0 Å². The fraction of sp³-hybridized carbons (Fsp3) is 0.438. The Labute approximate surface area is 137 Å². The van der Waals surface area contributed by atoms with Crippen LogP contribution in [0.3, 0.4) is 0 Å². The fourth-order valence-corrected chi connectivity index (χ4v) is 2.30. The first kappa shape index (κ1) is 18.0. The lowest BCUT2D eigenvalue weighted by Crippen LogP contribution is -2.28. The highest BCUT2D eigenvalue weighted by Crippen LogP contribution is 2.27. The van der Waals surface area contributed by atoms with Crippen LogP contribution in [0.5, 0.6) is 0 Å². The summed E-state index contributed by atoms with van der Waals surface area (Å²) >= 11 is 0. The quantitative estimate of drug-likeness (QED) is 0.909. The molecule has 2 aromatic rings. The number of carbonyl (C=O) groups excluding carboxylic acids is 1. The van der Waals surface area contributed by atoms with E-state index >= 15 is 0 Å². The Hall–Kier alpha value is -2.38. The molecule has 0 aliphatic heterocycles. The van der Waals surface area contributed by atoms with Gasteiger partial charge in [0.2, 0.25) is 0 Å². The van der Waals surface area contributed by atoms with Gasteiger partial charge in [-0.25, -0.2) is 9.97 Å². The van der Waals surface area contributed by atoms with Gasteiger partial charge < -0.3 is 9.88 Å². The van der Waals surface area contributed by atoms with Crippen LogP contribution < -0.4 is 5.32 Å². The molecule has 0 aliphatic rings. The summed E-state index contributed by atoms with van der Waals surface area (Å²) in [5, 5.41) is 2.69. The van der Waals surface area contributed by atoms with Gasteiger partial charge in [-0.15, -0.1) is 0 Å². The lowest BCUT2D eigenvalue weighted by Gasteiger charge is -2.13. The SMILES string of the molecule is Cc1cc(C(F)(F)F)nc(CCNC(=O)c2cccn2C(C)C)n1. The van der Waals surface area contributed by atoms with Gasteiger partial charge in [0.1, 0.15) is 17.2 Å². The molecule has 0 saturated heterocycles. The van der Waals surface area contributed by atoms with E-state index in [9.17, 15) is 18.0 Å². The highest BCUT2D eigenvalue weighted by atomic mass is 19.4. The van der Waals surface area contributed by atoms with Gasteiger partial charge in [0.05, 0.1) is 0 Å². The molecule has 2 heterocycles. The number of alkyl halides is 3. The number of hydrogen-bond acceptors (Lipinski definition) is 3. The van der Waals surface area contributed by atoms with Crippen LogP contribution in [0, 0.1) is 6.92 Å². The summed E-state index contributed by atoms with van der Waals surface area (Å²) in [5.74, 6) is -0.223. The maximum absolute atomic E-state index is 12.7. The van der Waals surface area contributed by atoms with Gasteiger partial charge in [0.25, 0.3) is 5.91 Å². The molecule has 0 atom stereocenters. The Bertz CT molecular complexity index is 722. The average molecular weight is 340 g/mol. The van der Waals surface area contributed by atoms with Gasteiger partial charge in [-0.05, 0) is 39.0 Å². The summed E-state index contributed by atoms with van der Waals surface area (Å²) < 4.78 is 40.0. The van der Waals surface area contributed by atoms with Crippen LogP contribution in [0.25, 0.3) is 0 Å². The van der Waals surface area contributed by atoms with Crippen LogP contribution in [0.1, 0.15) is 47.6 Å². The van der Waals surface area contributed by atoms with Crippen molar-refractivity contribution in [3.05, 3.63) is 47.3 Å². The average Bonchev–Trinajstić information content (AvgIpc) is 2.95. The number of aromatic nitrogens is 3. The number of nitrogens with one attached hydrogen (secondary N) is 1. The summed E-state index contributed by atoms with van der Waals surface area (Å²) in [4.78, 5) is 19.7. The number of rotatable bonds is 5. The number of carbonyl (C=O) groups is 1. The predicted octanol–water partition coefficient (Wildman–Crippen LogP) is 3.16. The maximum Gasteiger partial charge on any atom is 0.433 e. The molecule has 0 spiro atoms. The predicted molar refractivity (Wildman–Crippen MR) is 82.6 cm³/mol. The molecule has 2 rings (SSSR count). The van der Waals surface area contributed by atoms with Gasteiger partial charge in [0, 0.05) is 30.9 Å².